The molecular weight excluding hydrogens is 272 g/mol. The number of hydrogen-bond acceptors (Lipinski definition) is 4. The van der Waals surface area contributed by atoms with E-state index in [0.717, 1.165) is 5.56 Å². The van der Waals surface area contributed by atoms with Gasteiger partial charge in [-0.2, -0.15) is 0 Å². The van der Waals surface area contributed by atoms with Gasteiger partial charge in [0.25, 0.3) is 0 Å². The monoisotopic (exact) mass is 292 g/mol. The average Bonchev–Trinajstić information content (AvgIpc) is 2.89. The number of ether oxygens (including phenoxy) is 2. The molecule has 0 bridgehead atoms. The minimum Gasteiger partial charge on any atom is -0.496 e. The number of carbonyl (C=O) groups is 2. The van der Waals surface area contributed by atoms with Crippen LogP contribution in [-0.2, 0) is 16.0 Å². The van der Waals surface area contributed by atoms with Crippen molar-refractivity contribution < 1.29 is 19.1 Å². The lowest BCUT2D eigenvalue weighted by Gasteiger charge is -2.12. The van der Waals surface area contributed by atoms with Gasteiger partial charge >= 0.3 is 6.09 Å². The molecule has 1 aromatic carbocycles. The fraction of sp³-hybridized carbons (Fsp3) is 0.467. The van der Waals surface area contributed by atoms with Crippen LogP contribution in [0.3, 0.4) is 0 Å². The predicted octanol–water partition coefficient (Wildman–Crippen LogP) is 1.20. The molecule has 0 aromatic heterocycles. The summed E-state index contributed by atoms with van der Waals surface area (Å²) in [5, 5.41) is 2.85. The highest BCUT2D eigenvalue weighted by Crippen LogP contribution is 2.17. The Morgan fingerprint density at radius 3 is 2.95 bits per heavy atom. The van der Waals surface area contributed by atoms with Crippen LogP contribution in [0.25, 0.3) is 0 Å². The number of para-hydroxylation sites is 1. The molecule has 114 valence electrons. The zero-order chi connectivity index (χ0) is 15.1. The van der Waals surface area contributed by atoms with Crippen molar-refractivity contribution in [3.63, 3.8) is 0 Å². The molecule has 0 saturated carbocycles. The number of hydrogen-bond donors (Lipinski definition) is 1. The van der Waals surface area contributed by atoms with Crippen molar-refractivity contribution in [1.29, 1.82) is 0 Å². The van der Waals surface area contributed by atoms with Gasteiger partial charge in [-0.25, -0.2) is 4.79 Å². The van der Waals surface area contributed by atoms with E-state index in [0.29, 0.717) is 38.4 Å². The Labute approximate surface area is 124 Å². The van der Waals surface area contributed by atoms with Crippen molar-refractivity contribution in [2.75, 3.05) is 33.4 Å². The second kappa shape index (κ2) is 7.52. The molecule has 1 aromatic rings. The molecule has 2 amide bonds. The number of amides is 2. The first kappa shape index (κ1) is 15.2. The largest absolute Gasteiger partial charge is 0.496 e. The van der Waals surface area contributed by atoms with Crippen LogP contribution in [0.4, 0.5) is 4.79 Å². The van der Waals surface area contributed by atoms with Crippen LogP contribution in [0.15, 0.2) is 24.3 Å². The molecule has 0 aliphatic carbocycles. The van der Waals surface area contributed by atoms with Crippen molar-refractivity contribution >= 4 is 12.0 Å². The molecule has 6 heteroatoms. The fourth-order valence-corrected chi connectivity index (χ4v) is 2.21. The number of cyclic esters (lactones) is 1. The Balaban J connectivity index is 1.69. The summed E-state index contributed by atoms with van der Waals surface area (Å²) in [4.78, 5) is 24.7. The Bertz CT molecular complexity index is 504. The molecule has 0 unspecified atom stereocenters. The van der Waals surface area contributed by atoms with Gasteiger partial charge in [-0.15, -0.1) is 0 Å². The standard InChI is InChI=1S/C15H20N2O4/c1-20-13-6-3-2-5-12(13)11-14(18)16-7-4-8-17-9-10-21-15(17)19/h2-3,5-6H,4,7-11H2,1H3,(H,16,18). The molecule has 1 saturated heterocycles. The third kappa shape index (κ3) is 4.37. The SMILES string of the molecule is COc1ccccc1CC(=O)NCCCN1CCOC1=O. The van der Waals surface area contributed by atoms with Gasteiger partial charge in [0, 0.05) is 18.7 Å². The summed E-state index contributed by atoms with van der Waals surface area (Å²) in [5.74, 6) is 0.663. The first-order valence-corrected chi connectivity index (χ1v) is 7.01. The summed E-state index contributed by atoms with van der Waals surface area (Å²) in [6.45, 7) is 2.23. The van der Waals surface area contributed by atoms with Gasteiger partial charge in [-0.1, -0.05) is 18.2 Å². The average molecular weight is 292 g/mol. The number of methoxy groups -OCH3 is 1. The highest BCUT2D eigenvalue weighted by Gasteiger charge is 2.20. The van der Waals surface area contributed by atoms with Crippen LogP contribution in [0.2, 0.25) is 0 Å². The van der Waals surface area contributed by atoms with Crippen molar-refractivity contribution in [3.8, 4) is 5.75 Å². The van der Waals surface area contributed by atoms with Gasteiger partial charge in [0.15, 0.2) is 0 Å². The van der Waals surface area contributed by atoms with Gasteiger partial charge in [0.1, 0.15) is 12.4 Å². The Hall–Kier alpha value is -2.24. The van der Waals surface area contributed by atoms with Crippen molar-refractivity contribution in [1.82, 2.24) is 10.2 Å². The zero-order valence-corrected chi connectivity index (χ0v) is 12.1. The van der Waals surface area contributed by atoms with Gasteiger partial charge in [-0.3, -0.25) is 4.79 Å². The summed E-state index contributed by atoms with van der Waals surface area (Å²) in [5.41, 5.74) is 0.862. The van der Waals surface area contributed by atoms with Crippen LogP contribution in [-0.4, -0.2) is 50.3 Å². The maximum atomic E-state index is 11.9. The van der Waals surface area contributed by atoms with Crippen LogP contribution in [0.5, 0.6) is 5.75 Å². The Morgan fingerprint density at radius 2 is 2.24 bits per heavy atom. The minimum absolute atomic E-state index is 0.0523. The van der Waals surface area contributed by atoms with E-state index >= 15 is 0 Å². The molecular formula is C15H20N2O4. The van der Waals surface area contributed by atoms with E-state index in [9.17, 15) is 9.59 Å². The first-order chi connectivity index (χ1) is 10.2. The highest BCUT2D eigenvalue weighted by atomic mass is 16.6. The van der Waals surface area contributed by atoms with Crippen molar-refractivity contribution in [2.45, 2.75) is 12.8 Å². The fourth-order valence-electron chi connectivity index (χ4n) is 2.21. The topological polar surface area (TPSA) is 67.9 Å². The molecule has 1 N–H and O–H groups in total. The summed E-state index contributed by atoms with van der Waals surface area (Å²) in [6, 6.07) is 7.46. The molecule has 1 fully saturated rings. The van der Waals surface area contributed by atoms with Gasteiger partial charge < -0.3 is 19.7 Å². The second-order valence-corrected chi connectivity index (χ2v) is 4.79. The molecule has 1 aliphatic rings. The van der Waals surface area contributed by atoms with Crippen LogP contribution < -0.4 is 10.1 Å². The van der Waals surface area contributed by atoms with Crippen LogP contribution in [0, 0.1) is 0 Å². The minimum atomic E-state index is -0.268. The number of benzene rings is 1. The second-order valence-electron chi connectivity index (χ2n) is 4.79. The summed E-state index contributed by atoms with van der Waals surface area (Å²) in [6.07, 6.45) is 0.734. The summed E-state index contributed by atoms with van der Waals surface area (Å²) in [7, 11) is 1.59. The van der Waals surface area contributed by atoms with E-state index in [-0.39, 0.29) is 18.4 Å². The maximum Gasteiger partial charge on any atom is 0.409 e. The quantitative estimate of drug-likeness (QED) is 0.767. The Morgan fingerprint density at radius 1 is 1.43 bits per heavy atom. The zero-order valence-electron chi connectivity index (χ0n) is 12.1. The normalized spacial score (nSPS) is 14.0. The molecule has 0 atom stereocenters. The number of rotatable bonds is 7. The van der Waals surface area contributed by atoms with Gasteiger partial charge in [0.2, 0.25) is 5.91 Å². The number of nitrogens with zero attached hydrogens (tertiary/aromatic N) is 1. The molecule has 1 aliphatic heterocycles. The van der Waals surface area contributed by atoms with Crippen LogP contribution >= 0.6 is 0 Å². The lowest BCUT2D eigenvalue weighted by atomic mass is 10.1. The maximum absolute atomic E-state index is 11.9. The van der Waals surface area contributed by atoms with E-state index < -0.39 is 0 Å². The lowest BCUT2D eigenvalue weighted by Crippen LogP contribution is -2.31. The third-order valence-electron chi connectivity index (χ3n) is 3.32. The Kier molecular flexibility index (Phi) is 5.43. The smallest absolute Gasteiger partial charge is 0.409 e. The third-order valence-corrected chi connectivity index (χ3v) is 3.32. The number of nitrogens with one attached hydrogen (secondary N) is 1. The predicted molar refractivity (Wildman–Crippen MR) is 77.2 cm³/mol. The van der Waals surface area contributed by atoms with Crippen molar-refractivity contribution in [3.05, 3.63) is 29.8 Å². The summed E-state index contributed by atoms with van der Waals surface area (Å²) >= 11 is 0. The highest BCUT2D eigenvalue weighted by molar-refractivity contribution is 5.79. The summed E-state index contributed by atoms with van der Waals surface area (Å²) < 4.78 is 10.0. The first-order valence-electron chi connectivity index (χ1n) is 7.01. The molecule has 21 heavy (non-hydrogen) atoms. The van der Waals surface area contributed by atoms with E-state index in [4.69, 9.17) is 9.47 Å². The van der Waals surface area contributed by atoms with E-state index in [1.807, 2.05) is 24.3 Å². The molecule has 1 heterocycles. The molecule has 6 nitrogen and oxygen atoms in total. The van der Waals surface area contributed by atoms with Gasteiger partial charge in [-0.05, 0) is 12.5 Å². The van der Waals surface area contributed by atoms with E-state index in [1.54, 1.807) is 12.0 Å². The molecule has 2 rings (SSSR count). The van der Waals surface area contributed by atoms with E-state index in [2.05, 4.69) is 5.32 Å². The lowest BCUT2D eigenvalue weighted by molar-refractivity contribution is -0.120. The van der Waals surface area contributed by atoms with E-state index in [1.165, 1.54) is 0 Å². The molecule has 0 radical (unpaired) electrons. The van der Waals surface area contributed by atoms with Crippen LogP contribution in [0.1, 0.15) is 12.0 Å². The van der Waals surface area contributed by atoms with Gasteiger partial charge in [0.05, 0.1) is 20.1 Å². The van der Waals surface area contributed by atoms with Crippen molar-refractivity contribution in [2.24, 2.45) is 0 Å². The number of carbonyl (C=O) groups excluding carboxylic acids is 2. The molecule has 0 spiro atoms.